The van der Waals surface area contributed by atoms with Gasteiger partial charge >= 0.3 is 0 Å². The van der Waals surface area contributed by atoms with Gasteiger partial charge in [-0.15, -0.1) is 0 Å². The van der Waals surface area contributed by atoms with Crippen LogP contribution in [0.2, 0.25) is 0 Å². The van der Waals surface area contributed by atoms with E-state index in [0.29, 0.717) is 6.54 Å². The maximum absolute atomic E-state index is 10.8. The molecule has 1 amide bonds. The molecule has 0 heterocycles. The van der Waals surface area contributed by atoms with Crippen LogP contribution in [0, 0.1) is 6.92 Å². The van der Waals surface area contributed by atoms with Crippen molar-refractivity contribution in [2.24, 2.45) is 11.5 Å². The van der Waals surface area contributed by atoms with Crippen molar-refractivity contribution in [1.82, 2.24) is 0 Å². The average Bonchev–Trinajstić information content (AvgIpc) is 2.16. The number of carbonyl (C=O) groups is 1. The number of aryl methyl sites for hydroxylation is 1. The second-order valence-corrected chi connectivity index (χ2v) is 3.65. The van der Waals surface area contributed by atoms with Gasteiger partial charge in [-0.25, -0.2) is 0 Å². The maximum Gasteiger partial charge on any atom is 0.236 e. The van der Waals surface area contributed by atoms with Gasteiger partial charge in [0.15, 0.2) is 0 Å². The van der Waals surface area contributed by atoms with Crippen molar-refractivity contribution in [2.45, 2.75) is 13.5 Å². The number of primary amides is 1. The molecule has 0 bridgehead atoms. The standard InChI is InChI=1S/C11H17N3O/c1-8-5-9(6-12)3-4-10(8)14(2)7-11(13)15/h3-5H,6-7,12H2,1-2H3,(H2,13,15). The molecule has 0 aliphatic carbocycles. The third kappa shape index (κ3) is 2.95. The number of benzene rings is 1. The van der Waals surface area contributed by atoms with Gasteiger partial charge in [0.25, 0.3) is 0 Å². The minimum atomic E-state index is -0.334. The van der Waals surface area contributed by atoms with E-state index in [0.717, 1.165) is 16.8 Å². The lowest BCUT2D eigenvalue weighted by Gasteiger charge is -2.20. The van der Waals surface area contributed by atoms with E-state index < -0.39 is 0 Å². The summed E-state index contributed by atoms with van der Waals surface area (Å²) in [5.74, 6) is -0.334. The largest absolute Gasteiger partial charge is 0.368 e. The Balaban J connectivity index is 2.90. The predicted octanol–water partition coefficient (Wildman–Crippen LogP) is 0.375. The van der Waals surface area contributed by atoms with Crippen LogP contribution in [0.25, 0.3) is 0 Å². The molecule has 0 atom stereocenters. The highest BCUT2D eigenvalue weighted by atomic mass is 16.1. The lowest BCUT2D eigenvalue weighted by atomic mass is 10.1. The zero-order valence-electron chi connectivity index (χ0n) is 9.16. The second-order valence-electron chi connectivity index (χ2n) is 3.65. The fraction of sp³-hybridized carbons (Fsp3) is 0.364. The Morgan fingerprint density at radius 2 is 2.13 bits per heavy atom. The number of anilines is 1. The molecule has 4 nitrogen and oxygen atoms in total. The molecule has 4 N–H and O–H groups in total. The van der Waals surface area contributed by atoms with Gasteiger partial charge in [0.1, 0.15) is 0 Å². The van der Waals surface area contributed by atoms with Crippen LogP contribution in [0.3, 0.4) is 0 Å². The van der Waals surface area contributed by atoms with Gasteiger partial charge in [-0.1, -0.05) is 12.1 Å². The average molecular weight is 207 g/mol. The first kappa shape index (κ1) is 11.5. The van der Waals surface area contributed by atoms with Gasteiger partial charge in [0, 0.05) is 19.3 Å². The molecule has 4 heteroatoms. The van der Waals surface area contributed by atoms with Gasteiger partial charge in [0.2, 0.25) is 5.91 Å². The van der Waals surface area contributed by atoms with Crippen molar-refractivity contribution in [3.63, 3.8) is 0 Å². The highest BCUT2D eigenvalue weighted by Gasteiger charge is 2.07. The summed E-state index contributed by atoms with van der Waals surface area (Å²) in [6.07, 6.45) is 0. The van der Waals surface area contributed by atoms with Crippen LogP contribution in [-0.4, -0.2) is 19.5 Å². The highest BCUT2D eigenvalue weighted by Crippen LogP contribution is 2.19. The van der Waals surface area contributed by atoms with Crippen molar-refractivity contribution >= 4 is 11.6 Å². The Labute approximate surface area is 89.9 Å². The highest BCUT2D eigenvalue weighted by molar-refractivity contribution is 5.79. The summed E-state index contributed by atoms with van der Waals surface area (Å²) in [6.45, 7) is 2.75. The smallest absolute Gasteiger partial charge is 0.236 e. The molecule has 0 radical (unpaired) electrons. The Morgan fingerprint density at radius 1 is 1.47 bits per heavy atom. The number of carbonyl (C=O) groups excluding carboxylic acids is 1. The van der Waals surface area contributed by atoms with Gasteiger partial charge < -0.3 is 16.4 Å². The van der Waals surface area contributed by atoms with Crippen LogP contribution in [0.15, 0.2) is 18.2 Å². The molecule has 0 fully saturated rings. The summed E-state index contributed by atoms with van der Waals surface area (Å²) >= 11 is 0. The summed E-state index contributed by atoms with van der Waals surface area (Å²) in [6, 6.07) is 5.94. The molecule has 0 saturated heterocycles. The van der Waals surface area contributed by atoms with Crippen LogP contribution in [-0.2, 0) is 11.3 Å². The van der Waals surface area contributed by atoms with Crippen LogP contribution < -0.4 is 16.4 Å². The molecule has 0 saturated carbocycles. The van der Waals surface area contributed by atoms with Crippen LogP contribution in [0.4, 0.5) is 5.69 Å². The third-order valence-corrected chi connectivity index (χ3v) is 2.30. The Hall–Kier alpha value is -1.55. The minimum Gasteiger partial charge on any atom is -0.368 e. The molecular weight excluding hydrogens is 190 g/mol. The lowest BCUT2D eigenvalue weighted by molar-refractivity contribution is -0.116. The lowest BCUT2D eigenvalue weighted by Crippen LogP contribution is -2.30. The summed E-state index contributed by atoms with van der Waals surface area (Å²) < 4.78 is 0. The number of rotatable bonds is 4. The van der Waals surface area contributed by atoms with E-state index in [2.05, 4.69) is 0 Å². The molecular formula is C11H17N3O. The van der Waals surface area contributed by atoms with Crippen molar-refractivity contribution in [2.75, 3.05) is 18.5 Å². The molecule has 1 aromatic carbocycles. The van der Waals surface area contributed by atoms with Crippen LogP contribution >= 0.6 is 0 Å². The third-order valence-electron chi connectivity index (χ3n) is 2.30. The topological polar surface area (TPSA) is 72.3 Å². The monoisotopic (exact) mass is 207 g/mol. The van der Waals surface area contributed by atoms with E-state index >= 15 is 0 Å². The van der Waals surface area contributed by atoms with E-state index in [9.17, 15) is 4.79 Å². The molecule has 82 valence electrons. The maximum atomic E-state index is 10.8. The van der Waals surface area contributed by atoms with Crippen molar-refractivity contribution in [3.8, 4) is 0 Å². The van der Waals surface area contributed by atoms with Gasteiger partial charge in [0.05, 0.1) is 6.54 Å². The Bertz CT molecular complexity index is 363. The molecule has 1 rings (SSSR count). The van der Waals surface area contributed by atoms with E-state index in [-0.39, 0.29) is 12.5 Å². The zero-order chi connectivity index (χ0) is 11.4. The summed E-state index contributed by atoms with van der Waals surface area (Å²) in [5, 5.41) is 0. The molecule has 0 unspecified atom stereocenters. The summed E-state index contributed by atoms with van der Waals surface area (Å²) in [4.78, 5) is 12.6. The second kappa shape index (κ2) is 4.79. The van der Waals surface area contributed by atoms with Gasteiger partial charge in [-0.2, -0.15) is 0 Å². The number of nitrogens with zero attached hydrogens (tertiary/aromatic N) is 1. The van der Waals surface area contributed by atoms with Gasteiger partial charge in [-0.3, -0.25) is 4.79 Å². The molecule has 0 aliphatic heterocycles. The number of amides is 1. The molecule has 1 aromatic rings. The van der Waals surface area contributed by atoms with Crippen LogP contribution in [0.1, 0.15) is 11.1 Å². The number of nitrogens with two attached hydrogens (primary N) is 2. The fourth-order valence-electron chi connectivity index (χ4n) is 1.59. The molecule has 0 spiro atoms. The van der Waals surface area contributed by atoms with E-state index in [1.807, 2.05) is 37.1 Å². The van der Waals surface area contributed by atoms with E-state index in [4.69, 9.17) is 11.5 Å². The van der Waals surface area contributed by atoms with E-state index in [1.165, 1.54) is 0 Å². The van der Waals surface area contributed by atoms with Crippen molar-refractivity contribution in [3.05, 3.63) is 29.3 Å². The SMILES string of the molecule is Cc1cc(CN)ccc1N(C)CC(N)=O. The van der Waals surface area contributed by atoms with Crippen molar-refractivity contribution in [1.29, 1.82) is 0 Å². The molecule has 15 heavy (non-hydrogen) atoms. The quantitative estimate of drug-likeness (QED) is 0.749. The first-order valence-electron chi connectivity index (χ1n) is 4.83. The zero-order valence-corrected chi connectivity index (χ0v) is 9.16. The number of hydrogen-bond donors (Lipinski definition) is 2. The normalized spacial score (nSPS) is 10.1. The van der Waals surface area contributed by atoms with E-state index in [1.54, 1.807) is 0 Å². The molecule has 0 aromatic heterocycles. The van der Waals surface area contributed by atoms with Crippen LogP contribution in [0.5, 0.6) is 0 Å². The minimum absolute atomic E-state index is 0.225. The Kier molecular flexibility index (Phi) is 3.68. The molecule has 0 aliphatic rings. The Morgan fingerprint density at radius 3 is 2.60 bits per heavy atom. The number of hydrogen-bond acceptors (Lipinski definition) is 3. The summed E-state index contributed by atoms with van der Waals surface area (Å²) in [7, 11) is 1.84. The van der Waals surface area contributed by atoms with Crippen molar-refractivity contribution < 1.29 is 4.79 Å². The number of likely N-dealkylation sites (N-methyl/N-ethyl adjacent to an activating group) is 1. The summed E-state index contributed by atoms with van der Waals surface area (Å²) in [5.41, 5.74) is 13.9. The first-order valence-corrected chi connectivity index (χ1v) is 4.83. The fourth-order valence-corrected chi connectivity index (χ4v) is 1.59. The first-order chi connectivity index (χ1) is 7.04. The predicted molar refractivity (Wildman–Crippen MR) is 61.5 cm³/mol. The van der Waals surface area contributed by atoms with Gasteiger partial charge in [-0.05, 0) is 24.1 Å².